The molecule has 1 fully saturated rings. The molecular formula is C22H23N3O4. The first kappa shape index (κ1) is 20.2. The molecule has 0 atom stereocenters. The second kappa shape index (κ2) is 9.60. The van der Waals surface area contributed by atoms with Crippen LogP contribution in [0.3, 0.4) is 0 Å². The lowest BCUT2D eigenvalue weighted by molar-refractivity contribution is -0.134. The fraction of sp³-hybridized carbons (Fsp3) is 0.318. The van der Waals surface area contributed by atoms with Crippen molar-refractivity contribution in [2.24, 2.45) is 0 Å². The van der Waals surface area contributed by atoms with Crippen LogP contribution in [-0.2, 0) is 9.59 Å². The number of nitrogens with zero attached hydrogens (tertiary/aromatic N) is 2. The number of anilines is 1. The third-order valence-corrected chi connectivity index (χ3v) is 4.58. The van der Waals surface area contributed by atoms with E-state index < -0.39 is 0 Å². The Kier molecular flexibility index (Phi) is 6.69. The average molecular weight is 393 g/mol. The second-order valence-corrected chi connectivity index (χ2v) is 6.75. The summed E-state index contributed by atoms with van der Waals surface area (Å²) >= 11 is 0. The highest BCUT2D eigenvalue weighted by molar-refractivity contribution is 5.91. The van der Waals surface area contributed by atoms with Crippen LogP contribution in [0.25, 0.3) is 0 Å². The Balaban J connectivity index is 1.52. The molecule has 2 aromatic carbocycles. The largest absolute Gasteiger partial charge is 0.493 e. The van der Waals surface area contributed by atoms with Gasteiger partial charge < -0.3 is 19.7 Å². The summed E-state index contributed by atoms with van der Waals surface area (Å²) in [4.78, 5) is 26.6. The molecule has 0 aliphatic heterocycles. The molecule has 3 rings (SSSR count). The first-order valence-electron chi connectivity index (χ1n) is 9.46. The van der Waals surface area contributed by atoms with E-state index in [1.165, 1.54) is 0 Å². The summed E-state index contributed by atoms with van der Waals surface area (Å²) in [5, 5.41) is 11.7. The van der Waals surface area contributed by atoms with Crippen molar-refractivity contribution in [2.45, 2.75) is 25.3 Å². The van der Waals surface area contributed by atoms with E-state index in [1.54, 1.807) is 48.4 Å². The van der Waals surface area contributed by atoms with Gasteiger partial charge in [0.25, 0.3) is 5.91 Å². The van der Waals surface area contributed by atoms with Gasteiger partial charge in [0, 0.05) is 24.7 Å². The second-order valence-electron chi connectivity index (χ2n) is 6.75. The van der Waals surface area contributed by atoms with Crippen LogP contribution in [0.5, 0.6) is 11.5 Å². The van der Waals surface area contributed by atoms with E-state index in [-0.39, 0.29) is 30.9 Å². The number of para-hydroxylation sites is 2. The Bertz CT molecular complexity index is 918. The summed E-state index contributed by atoms with van der Waals surface area (Å²) in [7, 11) is 1.55. The molecular weight excluding hydrogens is 370 g/mol. The molecule has 0 saturated heterocycles. The highest BCUT2D eigenvalue weighted by Crippen LogP contribution is 2.28. The van der Waals surface area contributed by atoms with E-state index in [4.69, 9.17) is 14.7 Å². The molecule has 2 amide bonds. The fourth-order valence-electron chi connectivity index (χ4n) is 2.97. The molecule has 7 heteroatoms. The molecule has 7 nitrogen and oxygen atoms in total. The van der Waals surface area contributed by atoms with E-state index in [2.05, 4.69) is 5.32 Å². The molecule has 0 radical (unpaired) electrons. The van der Waals surface area contributed by atoms with Crippen LogP contribution in [0.4, 0.5) is 5.69 Å². The average Bonchev–Trinajstić information content (AvgIpc) is 3.58. The highest BCUT2D eigenvalue weighted by atomic mass is 16.5. The van der Waals surface area contributed by atoms with Gasteiger partial charge in [-0.1, -0.05) is 18.2 Å². The van der Waals surface area contributed by atoms with Crippen molar-refractivity contribution in [1.29, 1.82) is 5.26 Å². The fourth-order valence-corrected chi connectivity index (χ4v) is 2.97. The molecule has 29 heavy (non-hydrogen) atoms. The normalized spacial score (nSPS) is 12.6. The van der Waals surface area contributed by atoms with E-state index in [0.717, 1.165) is 12.8 Å². The van der Waals surface area contributed by atoms with Gasteiger partial charge in [0.2, 0.25) is 5.91 Å². The molecule has 0 spiro atoms. The lowest BCUT2D eigenvalue weighted by atomic mass is 10.2. The molecule has 2 aromatic rings. The predicted octanol–water partition coefficient (Wildman–Crippen LogP) is 2.97. The zero-order valence-corrected chi connectivity index (χ0v) is 16.3. The summed E-state index contributed by atoms with van der Waals surface area (Å²) in [6, 6.07) is 16.1. The molecule has 0 aromatic heterocycles. The molecule has 1 aliphatic rings. The van der Waals surface area contributed by atoms with Crippen LogP contribution in [0.15, 0.2) is 48.5 Å². The Morgan fingerprint density at radius 1 is 1.17 bits per heavy atom. The number of nitriles is 1. The van der Waals surface area contributed by atoms with Gasteiger partial charge in [-0.25, -0.2) is 0 Å². The summed E-state index contributed by atoms with van der Waals surface area (Å²) < 4.78 is 10.9. The van der Waals surface area contributed by atoms with E-state index in [0.29, 0.717) is 29.3 Å². The number of hydrogen-bond acceptors (Lipinski definition) is 5. The van der Waals surface area contributed by atoms with Crippen LogP contribution in [0, 0.1) is 11.3 Å². The van der Waals surface area contributed by atoms with Crippen molar-refractivity contribution in [3.63, 3.8) is 0 Å². The summed E-state index contributed by atoms with van der Waals surface area (Å²) in [6.45, 7) is 0.214. The van der Waals surface area contributed by atoms with E-state index in [9.17, 15) is 9.59 Å². The maximum absolute atomic E-state index is 12.6. The van der Waals surface area contributed by atoms with Gasteiger partial charge in [0.05, 0.1) is 18.7 Å². The van der Waals surface area contributed by atoms with Crippen molar-refractivity contribution in [1.82, 2.24) is 4.90 Å². The van der Waals surface area contributed by atoms with Crippen LogP contribution in [0.2, 0.25) is 0 Å². The Morgan fingerprint density at radius 3 is 2.62 bits per heavy atom. The smallest absolute Gasteiger partial charge is 0.260 e. The van der Waals surface area contributed by atoms with Crippen molar-refractivity contribution in [3.8, 4) is 17.6 Å². The van der Waals surface area contributed by atoms with E-state index in [1.807, 2.05) is 18.2 Å². The quantitative estimate of drug-likeness (QED) is 0.707. The Hall–Kier alpha value is -3.53. The summed E-state index contributed by atoms with van der Waals surface area (Å²) in [5.74, 6) is 0.716. The zero-order valence-electron chi connectivity index (χ0n) is 16.3. The topological polar surface area (TPSA) is 91.7 Å². The summed E-state index contributed by atoms with van der Waals surface area (Å²) in [6.07, 6.45) is 2.05. The number of amides is 2. The minimum atomic E-state index is -0.204. The number of ether oxygens (including phenoxy) is 2. The van der Waals surface area contributed by atoms with Crippen molar-refractivity contribution >= 4 is 17.5 Å². The highest BCUT2D eigenvalue weighted by Gasteiger charge is 2.32. The zero-order chi connectivity index (χ0) is 20.6. The van der Waals surface area contributed by atoms with E-state index >= 15 is 0 Å². The lowest BCUT2D eigenvalue weighted by Gasteiger charge is -2.22. The van der Waals surface area contributed by atoms with Gasteiger partial charge in [-0.15, -0.1) is 0 Å². The molecule has 1 N–H and O–H groups in total. The maximum atomic E-state index is 12.6. The van der Waals surface area contributed by atoms with Crippen molar-refractivity contribution in [3.05, 3.63) is 54.1 Å². The minimum Gasteiger partial charge on any atom is -0.493 e. The number of hydrogen-bond donors (Lipinski definition) is 1. The number of rotatable bonds is 9. The lowest BCUT2D eigenvalue weighted by Crippen LogP contribution is -2.38. The Morgan fingerprint density at radius 2 is 1.93 bits per heavy atom. The van der Waals surface area contributed by atoms with Gasteiger partial charge in [-0.3, -0.25) is 9.59 Å². The number of methoxy groups -OCH3 is 1. The standard InChI is InChI=1S/C22H23N3O4/c1-28-19-7-2-3-8-20(19)29-15-22(27)25(18-9-10-18)12-11-21(26)24-17-6-4-5-16(13-17)14-23/h2-8,13,18H,9-12,15H2,1H3,(H,24,26). The molecule has 1 aliphatic carbocycles. The number of carbonyl (C=O) groups is 2. The van der Waals surface area contributed by atoms with Gasteiger partial charge in [-0.2, -0.15) is 5.26 Å². The number of benzene rings is 2. The van der Waals surface area contributed by atoms with Gasteiger partial charge >= 0.3 is 0 Å². The summed E-state index contributed by atoms with van der Waals surface area (Å²) in [5.41, 5.74) is 1.05. The van der Waals surface area contributed by atoms with Crippen molar-refractivity contribution in [2.75, 3.05) is 25.6 Å². The molecule has 1 saturated carbocycles. The van der Waals surface area contributed by atoms with Crippen LogP contribution in [-0.4, -0.2) is 43.0 Å². The molecule has 0 heterocycles. The first-order valence-corrected chi connectivity index (χ1v) is 9.46. The number of carbonyl (C=O) groups excluding carboxylic acids is 2. The van der Waals surface area contributed by atoms with Crippen molar-refractivity contribution < 1.29 is 19.1 Å². The van der Waals surface area contributed by atoms with Crippen LogP contribution >= 0.6 is 0 Å². The monoisotopic (exact) mass is 393 g/mol. The number of nitrogens with one attached hydrogen (secondary N) is 1. The maximum Gasteiger partial charge on any atom is 0.260 e. The first-order chi connectivity index (χ1) is 14.1. The molecule has 0 bridgehead atoms. The predicted molar refractivity (Wildman–Crippen MR) is 108 cm³/mol. The SMILES string of the molecule is COc1ccccc1OCC(=O)N(CCC(=O)Nc1cccc(C#N)c1)C1CC1. The van der Waals surface area contributed by atoms with Gasteiger partial charge in [0.15, 0.2) is 18.1 Å². The van der Waals surface area contributed by atoms with Crippen LogP contribution < -0.4 is 14.8 Å². The minimum absolute atomic E-state index is 0.108. The molecule has 150 valence electrons. The molecule has 0 unspecified atom stereocenters. The third kappa shape index (κ3) is 5.72. The van der Waals surface area contributed by atoms with Gasteiger partial charge in [0.1, 0.15) is 0 Å². The van der Waals surface area contributed by atoms with Crippen LogP contribution in [0.1, 0.15) is 24.8 Å². The van der Waals surface area contributed by atoms with Gasteiger partial charge in [-0.05, 0) is 43.2 Å². The Labute approximate surface area is 169 Å². The third-order valence-electron chi connectivity index (χ3n) is 4.58.